The van der Waals surface area contributed by atoms with Gasteiger partial charge in [-0.3, -0.25) is 4.79 Å². The largest absolute Gasteiger partial charge is 0.459 e. The van der Waals surface area contributed by atoms with Gasteiger partial charge in [0, 0.05) is 11.6 Å². The summed E-state index contributed by atoms with van der Waals surface area (Å²) in [7, 11) is 0. The molecule has 2 heterocycles. The molecule has 2 N–H and O–H groups in total. The minimum Gasteiger partial charge on any atom is -0.459 e. The molecule has 1 amide bonds. The highest BCUT2D eigenvalue weighted by atomic mass is 16.4. The van der Waals surface area contributed by atoms with E-state index in [0.717, 1.165) is 36.3 Å². The molecule has 7 heteroatoms. The van der Waals surface area contributed by atoms with Crippen molar-refractivity contribution in [2.75, 3.05) is 6.54 Å². The highest BCUT2D eigenvalue weighted by molar-refractivity contribution is 5.82. The Hall–Kier alpha value is -2.93. The summed E-state index contributed by atoms with van der Waals surface area (Å²) in [6, 6.07) is 13.5. The third-order valence-electron chi connectivity index (χ3n) is 4.88. The molecule has 1 aromatic carbocycles. The zero-order valence-electron chi connectivity index (χ0n) is 15.9. The van der Waals surface area contributed by atoms with E-state index in [9.17, 15) is 4.79 Å². The van der Waals surface area contributed by atoms with Gasteiger partial charge in [-0.2, -0.15) is 0 Å². The number of nitrogens with zero attached hydrogens (tertiary/aromatic N) is 2. The molecule has 0 spiro atoms. The second-order valence-electron chi connectivity index (χ2n) is 7.19. The first-order valence-corrected chi connectivity index (χ1v) is 9.80. The summed E-state index contributed by atoms with van der Waals surface area (Å²) < 4.78 is 11.1. The van der Waals surface area contributed by atoms with Gasteiger partial charge < -0.3 is 19.1 Å². The number of benzene rings is 1. The van der Waals surface area contributed by atoms with Crippen molar-refractivity contribution in [2.24, 2.45) is 0 Å². The van der Waals surface area contributed by atoms with E-state index in [4.69, 9.17) is 8.83 Å². The number of nitrogens with one attached hydrogen (secondary N) is 2. The first-order valence-electron chi connectivity index (χ1n) is 9.80. The Labute approximate surface area is 163 Å². The molecule has 3 aromatic rings. The van der Waals surface area contributed by atoms with E-state index >= 15 is 0 Å². The van der Waals surface area contributed by atoms with E-state index in [2.05, 4.69) is 22.4 Å². The van der Waals surface area contributed by atoms with Crippen molar-refractivity contribution in [3.05, 3.63) is 60.2 Å². The number of rotatable bonds is 9. The molecule has 4 rings (SSSR count). The molecule has 2 aromatic heterocycles. The van der Waals surface area contributed by atoms with Crippen LogP contribution < -0.4 is 10.2 Å². The number of amides is 1. The average Bonchev–Trinajstić information content (AvgIpc) is 3.17. The molecule has 7 nitrogen and oxygen atoms in total. The van der Waals surface area contributed by atoms with Gasteiger partial charge in [-0.25, -0.2) is 0 Å². The van der Waals surface area contributed by atoms with Gasteiger partial charge in [-0.05, 0) is 31.4 Å². The SMILES string of the molecule is CCC[NH+](Cc1nnc(-c2ccco2)o1)[C@H](C(=O)NC1CC1)c1ccccc1. The van der Waals surface area contributed by atoms with Gasteiger partial charge in [-0.15, -0.1) is 10.2 Å². The normalized spacial score (nSPS) is 15.9. The molecule has 0 bridgehead atoms. The van der Waals surface area contributed by atoms with Gasteiger partial charge >= 0.3 is 0 Å². The Morgan fingerprint density at radius 3 is 2.71 bits per heavy atom. The van der Waals surface area contributed by atoms with Crippen molar-refractivity contribution >= 4 is 5.91 Å². The van der Waals surface area contributed by atoms with Crippen LogP contribution >= 0.6 is 0 Å². The number of furan rings is 1. The Morgan fingerprint density at radius 1 is 1.21 bits per heavy atom. The quantitative estimate of drug-likeness (QED) is 0.593. The highest BCUT2D eigenvalue weighted by Crippen LogP contribution is 2.21. The molecule has 146 valence electrons. The van der Waals surface area contributed by atoms with Gasteiger partial charge in [0.25, 0.3) is 17.7 Å². The predicted molar refractivity (Wildman–Crippen MR) is 102 cm³/mol. The average molecular weight is 381 g/mol. The lowest BCUT2D eigenvalue weighted by atomic mass is 10.0. The van der Waals surface area contributed by atoms with Crippen LogP contribution in [-0.4, -0.2) is 28.7 Å². The van der Waals surface area contributed by atoms with Crippen LogP contribution in [0.2, 0.25) is 0 Å². The Balaban J connectivity index is 1.58. The molecule has 0 radical (unpaired) electrons. The molecule has 2 atom stereocenters. The third kappa shape index (κ3) is 4.31. The van der Waals surface area contributed by atoms with Crippen molar-refractivity contribution < 1.29 is 18.5 Å². The van der Waals surface area contributed by atoms with Gasteiger partial charge in [0.15, 0.2) is 18.3 Å². The van der Waals surface area contributed by atoms with E-state index in [1.54, 1.807) is 18.4 Å². The maximum absolute atomic E-state index is 13.1. The summed E-state index contributed by atoms with van der Waals surface area (Å²) in [5, 5.41) is 11.4. The van der Waals surface area contributed by atoms with E-state index < -0.39 is 0 Å². The maximum Gasteiger partial charge on any atom is 0.283 e. The smallest absolute Gasteiger partial charge is 0.283 e. The van der Waals surface area contributed by atoms with Crippen LogP contribution in [0.5, 0.6) is 0 Å². The van der Waals surface area contributed by atoms with Crippen LogP contribution in [0.4, 0.5) is 0 Å². The van der Waals surface area contributed by atoms with Crippen LogP contribution in [0.1, 0.15) is 43.7 Å². The monoisotopic (exact) mass is 381 g/mol. The number of quaternary nitrogens is 1. The molecule has 1 aliphatic carbocycles. The summed E-state index contributed by atoms with van der Waals surface area (Å²) in [5.74, 6) is 1.45. The van der Waals surface area contributed by atoms with Gasteiger partial charge in [-0.1, -0.05) is 37.3 Å². The Morgan fingerprint density at radius 2 is 2.04 bits per heavy atom. The van der Waals surface area contributed by atoms with Crippen molar-refractivity contribution in [3.8, 4) is 11.7 Å². The van der Waals surface area contributed by atoms with E-state index in [0.29, 0.717) is 30.1 Å². The highest BCUT2D eigenvalue weighted by Gasteiger charge is 2.35. The van der Waals surface area contributed by atoms with Crippen molar-refractivity contribution in [3.63, 3.8) is 0 Å². The van der Waals surface area contributed by atoms with E-state index in [1.807, 2.05) is 30.3 Å². The van der Waals surface area contributed by atoms with E-state index in [1.165, 1.54) is 0 Å². The van der Waals surface area contributed by atoms with E-state index in [-0.39, 0.29) is 11.9 Å². The lowest BCUT2D eigenvalue weighted by molar-refractivity contribution is -0.936. The zero-order valence-corrected chi connectivity index (χ0v) is 15.9. The standard InChI is InChI=1S/C21H24N4O3/c1-2-12-25(14-18-23-24-21(28-18)17-9-6-13-27-17)19(15-7-4-3-5-8-15)20(26)22-16-10-11-16/h3-9,13,16,19H,2,10-12,14H2,1H3,(H,22,26)/p+1/t19-/m0/s1. The first-order chi connectivity index (χ1) is 13.7. The summed E-state index contributed by atoms with van der Waals surface area (Å²) in [6.45, 7) is 3.40. The first kappa shape index (κ1) is 18.4. The van der Waals surface area contributed by atoms with Crippen LogP contribution in [0.15, 0.2) is 57.6 Å². The zero-order chi connectivity index (χ0) is 19.3. The number of aromatic nitrogens is 2. The topological polar surface area (TPSA) is 85.6 Å². The van der Waals surface area contributed by atoms with Crippen molar-refractivity contribution in [1.29, 1.82) is 0 Å². The summed E-state index contributed by atoms with van der Waals surface area (Å²) >= 11 is 0. The minimum atomic E-state index is -0.319. The third-order valence-corrected chi connectivity index (χ3v) is 4.88. The van der Waals surface area contributed by atoms with Crippen molar-refractivity contribution in [1.82, 2.24) is 15.5 Å². The molecule has 1 saturated carbocycles. The maximum atomic E-state index is 13.1. The molecular weight excluding hydrogens is 356 g/mol. The van der Waals surface area contributed by atoms with Crippen molar-refractivity contribution in [2.45, 2.75) is 44.8 Å². The molecular formula is C21H25N4O3+. The Kier molecular flexibility index (Phi) is 5.53. The Bertz CT molecular complexity index is 888. The second kappa shape index (κ2) is 8.39. The summed E-state index contributed by atoms with van der Waals surface area (Å²) in [6.07, 6.45) is 4.63. The molecule has 0 saturated heterocycles. The van der Waals surface area contributed by atoms with Gasteiger partial charge in [0.2, 0.25) is 0 Å². The van der Waals surface area contributed by atoms with Gasteiger partial charge in [0.05, 0.1) is 12.8 Å². The summed E-state index contributed by atoms with van der Waals surface area (Å²) in [4.78, 5) is 14.2. The van der Waals surface area contributed by atoms with Crippen LogP contribution in [0.3, 0.4) is 0 Å². The van der Waals surface area contributed by atoms with Crippen LogP contribution in [0, 0.1) is 0 Å². The lowest BCUT2D eigenvalue weighted by Crippen LogP contribution is -3.12. The lowest BCUT2D eigenvalue weighted by Gasteiger charge is -2.27. The number of hydrogen-bond donors (Lipinski definition) is 2. The number of carbonyl (C=O) groups is 1. The fourth-order valence-corrected chi connectivity index (χ4v) is 3.41. The number of carbonyl (C=O) groups excluding carboxylic acids is 1. The second-order valence-corrected chi connectivity index (χ2v) is 7.19. The molecule has 1 aliphatic rings. The minimum absolute atomic E-state index is 0.0583. The van der Waals surface area contributed by atoms with Crippen LogP contribution in [-0.2, 0) is 11.3 Å². The van der Waals surface area contributed by atoms with Gasteiger partial charge in [0.1, 0.15) is 0 Å². The summed E-state index contributed by atoms with van der Waals surface area (Å²) in [5.41, 5.74) is 0.995. The van der Waals surface area contributed by atoms with Crippen LogP contribution in [0.25, 0.3) is 11.7 Å². The fourth-order valence-electron chi connectivity index (χ4n) is 3.41. The molecule has 1 unspecified atom stereocenters. The molecule has 28 heavy (non-hydrogen) atoms. The fraction of sp³-hybridized carbons (Fsp3) is 0.381. The predicted octanol–water partition coefficient (Wildman–Crippen LogP) is 2.14. The molecule has 0 aliphatic heterocycles. The number of hydrogen-bond acceptors (Lipinski definition) is 5. The molecule has 1 fully saturated rings.